The molecule has 2 heterocycles. The van der Waals surface area contributed by atoms with E-state index in [4.69, 9.17) is 9.47 Å². The van der Waals surface area contributed by atoms with E-state index in [9.17, 15) is 0 Å². The van der Waals surface area contributed by atoms with Crippen LogP contribution in [0.15, 0.2) is 0 Å². The van der Waals surface area contributed by atoms with E-state index in [0.717, 1.165) is 13.0 Å². The Labute approximate surface area is 125 Å². The molecule has 2 fully saturated rings. The van der Waals surface area contributed by atoms with Gasteiger partial charge in [-0.2, -0.15) is 0 Å². The van der Waals surface area contributed by atoms with Gasteiger partial charge in [0, 0.05) is 5.92 Å². The molecular formula is C18H34O2. The molecule has 2 bridgehead atoms. The van der Waals surface area contributed by atoms with Crippen LogP contribution in [-0.4, -0.2) is 24.4 Å². The zero-order valence-electron chi connectivity index (χ0n) is 15.0. The number of hydrogen-bond donors (Lipinski definition) is 0. The first-order valence-corrected chi connectivity index (χ1v) is 8.06. The molecule has 2 rings (SSSR count). The summed E-state index contributed by atoms with van der Waals surface area (Å²) in [5, 5.41) is 0. The Hall–Kier alpha value is -0.0800. The Morgan fingerprint density at radius 1 is 0.900 bits per heavy atom. The van der Waals surface area contributed by atoms with Crippen LogP contribution >= 0.6 is 0 Å². The Kier molecular flexibility index (Phi) is 3.63. The minimum absolute atomic E-state index is 0.0981. The van der Waals surface area contributed by atoms with Crippen molar-refractivity contribution in [3.63, 3.8) is 0 Å². The Morgan fingerprint density at radius 3 is 1.85 bits per heavy atom. The van der Waals surface area contributed by atoms with Crippen LogP contribution in [0.1, 0.15) is 68.7 Å². The first-order valence-electron chi connectivity index (χ1n) is 8.06. The lowest BCUT2D eigenvalue weighted by molar-refractivity contribution is -0.185. The van der Waals surface area contributed by atoms with Crippen molar-refractivity contribution in [3.8, 4) is 0 Å². The van der Waals surface area contributed by atoms with Crippen LogP contribution in [-0.2, 0) is 9.47 Å². The SMILES string of the molecule is CC(C)(C)C[C@@]12CO[C@@H](C1C(C)(C)C)[C@H](C(C)(C)C)O2. The zero-order valence-corrected chi connectivity index (χ0v) is 15.0. The van der Waals surface area contributed by atoms with Crippen molar-refractivity contribution in [1.29, 1.82) is 0 Å². The third kappa shape index (κ3) is 2.78. The molecule has 0 aromatic carbocycles. The van der Waals surface area contributed by atoms with Crippen molar-refractivity contribution in [2.24, 2.45) is 22.2 Å². The normalized spacial score (nSPS) is 38.5. The fourth-order valence-electron chi connectivity index (χ4n) is 4.46. The van der Waals surface area contributed by atoms with Crippen molar-refractivity contribution in [2.45, 2.75) is 86.5 Å². The van der Waals surface area contributed by atoms with Crippen LogP contribution < -0.4 is 0 Å². The maximum absolute atomic E-state index is 6.70. The highest BCUT2D eigenvalue weighted by Crippen LogP contribution is 2.58. The number of ether oxygens (including phenoxy) is 2. The third-order valence-corrected chi connectivity index (χ3v) is 4.69. The van der Waals surface area contributed by atoms with Crippen molar-refractivity contribution in [1.82, 2.24) is 0 Å². The predicted molar refractivity (Wildman–Crippen MR) is 83.8 cm³/mol. The molecule has 0 aliphatic carbocycles. The number of fused-ring (bicyclic) bond motifs is 2. The van der Waals surface area contributed by atoms with Gasteiger partial charge in [0.05, 0.1) is 24.4 Å². The number of rotatable bonds is 1. The first kappa shape index (κ1) is 16.3. The van der Waals surface area contributed by atoms with E-state index in [-0.39, 0.29) is 34.1 Å². The molecule has 0 N–H and O–H groups in total. The second kappa shape index (κ2) is 4.46. The van der Waals surface area contributed by atoms with Crippen LogP contribution in [0.2, 0.25) is 0 Å². The molecule has 20 heavy (non-hydrogen) atoms. The molecule has 4 atom stereocenters. The predicted octanol–water partition coefficient (Wildman–Crippen LogP) is 4.67. The van der Waals surface area contributed by atoms with Gasteiger partial charge < -0.3 is 9.47 Å². The fourth-order valence-corrected chi connectivity index (χ4v) is 4.46. The average molecular weight is 282 g/mol. The maximum atomic E-state index is 6.70. The maximum Gasteiger partial charge on any atom is 0.0983 e. The van der Waals surface area contributed by atoms with Crippen molar-refractivity contribution in [2.75, 3.05) is 6.61 Å². The van der Waals surface area contributed by atoms with Crippen molar-refractivity contribution in [3.05, 3.63) is 0 Å². The van der Waals surface area contributed by atoms with Gasteiger partial charge in [0.15, 0.2) is 0 Å². The zero-order chi connectivity index (χ0) is 15.6. The summed E-state index contributed by atoms with van der Waals surface area (Å²) in [4.78, 5) is 0. The van der Waals surface area contributed by atoms with E-state index in [0.29, 0.717) is 5.92 Å². The summed E-state index contributed by atoms with van der Waals surface area (Å²) in [7, 11) is 0. The summed E-state index contributed by atoms with van der Waals surface area (Å²) in [6, 6.07) is 0. The lowest BCUT2D eigenvalue weighted by Crippen LogP contribution is -2.46. The molecule has 2 aliphatic rings. The molecule has 2 nitrogen and oxygen atoms in total. The molecule has 0 amide bonds. The largest absolute Gasteiger partial charge is 0.372 e. The molecule has 0 spiro atoms. The topological polar surface area (TPSA) is 18.5 Å². The molecule has 1 unspecified atom stereocenters. The quantitative estimate of drug-likeness (QED) is 0.696. The van der Waals surface area contributed by atoms with E-state index in [1.807, 2.05) is 0 Å². The van der Waals surface area contributed by atoms with Crippen LogP contribution in [0.3, 0.4) is 0 Å². The molecule has 118 valence electrons. The van der Waals surface area contributed by atoms with Crippen LogP contribution in [0, 0.1) is 22.2 Å². The summed E-state index contributed by atoms with van der Waals surface area (Å²) in [6.45, 7) is 21.5. The number of hydrogen-bond acceptors (Lipinski definition) is 2. The second-order valence-corrected chi connectivity index (χ2v) is 10.3. The third-order valence-electron chi connectivity index (χ3n) is 4.69. The molecule has 0 radical (unpaired) electrons. The van der Waals surface area contributed by atoms with E-state index in [1.54, 1.807) is 0 Å². The highest BCUT2D eigenvalue weighted by atomic mass is 16.6. The highest BCUT2D eigenvalue weighted by Gasteiger charge is 2.66. The van der Waals surface area contributed by atoms with Crippen LogP contribution in [0.4, 0.5) is 0 Å². The molecule has 2 aliphatic heterocycles. The van der Waals surface area contributed by atoms with Gasteiger partial charge in [-0.1, -0.05) is 62.3 Å². The lowest BCUT2D eigenvalue weighted by atomic mass is 9.65. The van der Waals surface area contributed by atoms with E-state index in [1.165, 1.54) is 0 Å². The van der Waals surface area contributed by atoms with Gasteiger partial charge in [-0.05, 0) is 22.7 Å². The summed E-state index contributed by atoms with van der Waals surface area (Å²) < 4.78 is 13.0. The molecule has 2 heteroatoms. The lowest BCUT2D eigenvalue weighted by Gasteiger charge is -2.41. The smallest absolute Gasteiger partial charge is 0.0983 e. The summed E-state index contributed by atoms with van der Waals surface area (Å²) in [5.74, 6) is 0.485. The average Bonchev–Trinajstić information content (AvgIpc) is 2.63. The minimum atomic E-state index is -0.0981. The van der Waals surface area contributed by atoms with Gasteiger partial charge in [-0.15, -0.1) is 0 Å². The first-order chi connectivity index (χ1) is 8.76. The molecule has 0 aromatic rings. The Bertz CT molecular complexity index is 366. The molecule has 0 saturated carbocycles. The standard InChI is InChI=1S/C18H34O2/c1-15(2,3)10-18-11-19-12(13(18)16(4,5)6)14(20-18)17(7,8)9/h12-14H,10-11H2,1-9H3/t12-,13?,14+,18+/m0/s1. The van der Waals surface area contributed by atoms with E-state index < -0.39 is 0 Å². The Morgan fingerprint density at radius 2 is 1.45 bits per heavy atom. The molecule has 2 saturated heterocycles. The van der Waals surface area contributed by atoms with Gasteiger partial charge in [0.2, 0.25) is 0 Å². The van der Waals surface area contributed by atoms with E-state index >= 15 is 0 Å². The second-order valence-electron chi connectivity index (χ2n) is 10.3. The Balaban J connectivity index is 2.39. The van der Waals surface area contributed by atoms with Gasteiger partial charge >= 0.3 is 0 Å². The van der Waals surface area contributed by atoms with Crippen molar-refractivity contribution < 1.29 is 9.47 Å². The van der Waals surface area contributed by atoms with Crippen LogP contribution in [0.5, 0.6) is 0 Å². The summed E-state index contributed by atoms with van der Waals surface area (Å²) >= 11 is 0. The van der Waals surface area contributed by atoms with Gasteiger partial charge in [-0.25, -0.2) is 0 Å². The van der Waals surface area contributed by atoms with Gasteiger partial charge in [0.25, 0.3) is 0 Å². The monoisotopic (exact) mass is 282 g/mol. The highest BCUT2D eigenvalue weighted by molar-refractivity contribution is 5.13. The van der Waals surface area contributed by atoms with E-state index in [2.05, 4.69) is 62.3 Å². The molecular weight excluding hydrogens is 248 g/mol. The fraction of sp³-hybridized carbons (Fsp3) is 1.00. The molecule has 0 aromatic heterocycles. The minimum Gasteiger partial charge on any atom is -0.372 e. The van der Waals surface area contributed by atoms with Crippen molar-refractivity contribution >= 4 is 0 Å². The van der Waals surface area contributed by atoms with Gasteiger partial charge in [0.1, 0.15) is 0 Å². The summed E-state index contributed by atoms with van der Waals surface area (Å²) in [6.07, 6.45) is 1.53. The summed E-state index contributed by atoms with van der Waals surface area (Å²) in [5.41, 5.74) is 0.508. The van der Waals surface area contributed by atoms with Gasteiger partial charge in [-0.3, -0.25) is 0 Å². The van der Waals surface area contributed by atoms with Crippen LogP contribution in [0.25, 0.3) is 0 Å².